The number of aliphatic hydroxyl groups excluding tert-OH is 1. The Morgan fingerprint density at radius 2 is 1.82 bits per heavy atom. The minimum absolute atomic E-state index is 0. The molecule has 0 aliphatic heterocycles. The molecule has 0 bridgehead atoms. The maximum atomic E-state index is 13.6. The molecule has 7 atom stereocenters. The molecular weight excluding hydrogens is 460 g/mol. The first-order chi connectivity index (χ1) is 15.1. The van der Waals surface area contributed by atoms with Gasteiger partial charge in [-0.05, 0) is 51.1 Å². The van der Waals surface area contributed by atoms with E-state index in [1.54, 1.807) is 19.9 Å². The van der Waals surface area contributed by atoms with E-state index in [-0.39, 0.29) is 37.6 Å². The van der Waals surface area contributed by atoms with Crippen molar-refractivity contribution in [2.45, 2.75) is 77.8 Å². The van der Waals surface area contributed by atoms with Crippen LogP contribution in [0.15, 0.2) is 12.7 Å². The SMILES string of the molecule is C=C[C@@H](C)CC(=O)[C@]1(O)[C@@H](C)C[C@H](O)[C@H]2C(C)(C)CC[C@](O)(OC(=O)NCCN(C)C)[C@@]21C.Cl. The second kappa shape index (κ2) is 10.8. The van der Waals surface area contributed by atoms with Crippen molar-refractivity contribution in [3.05, 3.63) is 12.7 Å². The first kappa shape index (κ1) is 30.8. The first-order valence-electron chi connectivity index (χ1n) is 12.0. The van der Waals surface area contributed by atoms with Crippen molar-refractivity contribution in [2.75, 3.05) is 27.2 Å². The van der Waals surface area contributed by atoms with Gasteiger partial charge in [0.15, 0.2) is 5.78 Å². The van der Waals surface area contributed by atoms with E-state index in [1.807, 2.05) is 39.8 Å². The smallest absolute Gasteiger partial charge is 0.409 e. The zero-order valence-electron chi connectivity index (χ0n) is 21.8. The van der Waals surface area contributed by atoms with Crippen molar-refractivity contribution in [1.82, 2.24) is 10.2 Å². The summed E-state index contributed by atoms with van der Waals surface area (Å²) in [5.74, 6) is -4.09. The average molecular weight is 505 g/mol. The summed E-state index contributed by atoms with van der Waals surface area (Å²) in [7, 11) is 3.74. The van der Waals surface area contributed by atoms with E-state index in [9.17, 15) is 24.9 Å². The molecule has 0 aromatic carbocycles. The minimum atomic E-state index is -2.15. The lowest BCUT2D eigenvalue weighted by molar-refractivity contribution is -0.361. The number of fused-ring (bicyclic) bond motifs is 1. The molecule has 8 nitrogen and oxygen atoms in total. The Kier molecular flexibility index (Phi) is 9.82. The topological polar surface area (TPSA) is 119 Å². The third kappa shape index (κ3) is 5.16. The lowest BCUT2D eigenvalue weighted by Gasteiger charge is -2.67. The Labute approximate surface area is 210 Å². The number of ether oxygens (including phenoxy) is 1. The third-order valence-corrected chi connectivity index (χ3v) is 8.29. The summed E-state index contributed by atoms with van der Waals surface area (Å²) in [5.41, 5.74) is -4.15. The predicted octanol–water partition coefficient (Wildman–Crippen LogP) is 2.74. The molecule has 0 aromatic rings. The maximum Gasteiger partial charge on any atom is 0.409 e. The van der Waals surface area contributed by atoms with Crippen molar-refractivity contribution in [1.29, 1.82) is 0 Å². The molecule has 2 aliphatic carbocycles. The van der Waals surface area contributed by atoms with Crippen LogP contribution < -0.4 is 5.32 Å². The first-order valence-corrected chi connectivity index (χ1v) is 12.0. The summed E-state index contributed by atoms with van der Waals surface area (Å²) in [6.45, 7) is 13.7. The molecule has 0 aromatic heterocycles. The van der Waals surface area contributed by atoms with Gasteiger partial charge in [-0.2, -0.15) is 0 Å². The molecule has 0 unspecified atom stereocenters. The molecule has 198 valence electrons. The normalized spacial score (nSPS) is 37.7. The van der Waals surface area contributed by atoms with E-state index in [0.717, 1.165) is 0 Å². The zero-order valence-corrected chi connectivity index (χ0v) is 22.6. The highest BCUT2D eigenvalue weighted by Gasteiger charge is 2.76. The number of carbonyl (C=O) groups is 2. The molecule has 34 heavy (non-hydrogen) atoms. The second-order valence-electron chi connectivity index (χ2n) is 11.4. The van der Waals surface area contributed by atoms with Crippen LogP contribution in [0.2, 0.25) is 0 Å². The van der Waals surface area contributed by atoms with Gasteiger partial charge in [-0.15, -0.1) is 19.0 Å². The molecule has 0 heterocycles. The van der Waals surface area contributed by atoms with Crippen LogP contribution in [-0.4, -0.2) is 76.8 Å². The molecule has 2 aliphatic rings. The fraction of sp³-hybridized carbons (Fsp3) is 0.840. The van der Waals surface area contributed by atoms with E-state index >= 15 is 0 Å². The van der Waals surface area contributed by atoms with Crippen molar-refractivity contribution in [3.63, 3.8) is 0 Å². The summed E-state index contributed by atoms with van der Waals surface area (Å²) in [6, 6.07) is 0. The molecule has 0 radical (unpaired) electrons. The predicted molar refractivity (Wildman–Crippen MR) is 134 cm³/mol. The molecule has 9 heteroatoms. The van der Waals surface area contributed by atoms with E-state index in [2.05, 4.69) is 11.9 Å². The number of ketones is 1. The van der Waals surface area contributed by atoms with E-state index in [1.165, 1.54) is 0 Å². The van der Waals surface area contributed by atoms with Gasteiger partial charge in [-0.1, -0.05) is 33.8 Å². The van der Waals surface area contributed by atoms with E-state index in [0.29, 0.717) is 19.5 Å². The molecule has 0 saturated heterocycles. The number of rotatable bonds is 8. The van der Waals surface area contributed by atoms with Crippen LogP contribution in [0, 0.1) is 28.6 Å². The van der Waals surface area contributed by atoms with Gasteiger partial charge in [0.1, 0.15) is 5.60 Å². The van der Waals surface area contributed by atoms with Crippen LogP contribution in [0.25, 0.3) is 0 Å². The third-order valence-electron chi connectivity index (χ3n) is 8.29. The number of aliphatic hydroxyl groups is 3. The van der Waals surface area contributed by atoms with Crippen LogP contribution in [0.1, 0.15) is 60.3 Å². The number of hydrogen-bond donors (Lipinski definition) is 4. The minimum Gasteiger partial charge on any atom is -0.416 e. The molecule has 2 saturated carbocycles. The molecule has 2 fully saturated rings. The largest absolute Gasteiger partial charge is 0.416 e. The van der Waals surface area contributed by atoms with Crippen molar-refractivity contribution in [3.8, 4) is 0 Å². The lowest BCUT2D eigenvalue weighted by atomic mass is 9.41. The van der Waals surface area contributed by atoms with E-state index < -0.39 is 52.0 Å². The number of alkyl carbamates (subject to hydrolysis) is 1. The zero-order chi connectivity index (χ0) is 25.4. The number of allylic oxidation sites excluding steroid dienone is 1. The monoisotopic (exact) mass is 504 g/mol. The molecule has 0 spiro atoms. The number of carbonyl (C=O) groups excluding carboxylic acids is 2. The second-order valence-corrected chi connectivity index (χ2v) is 11.4. The van der Waals surface area contributed by atoms with Gasteiger partial charge >= 0.3 is 6.09 Å². The Hall–Kier alpha value is -1.19. The Morgan fingerprint density at radius 1 is 1.24 bits per heavy atom. The quantitative estimate of drug-likeness (QED) is 0.296. The van der Waals surface area contributed by atoms with E-state index in [4.69, 9.17) is 4.74 Å². The number of amides is 1. The van der Waals surface area contributed by atoms with Crippen LogP contribution in [0.3, 0.4) is 0 Å². The van der Waals surface area contributed by atoms with Gasteiger partial charge in [0.05, 0.1) is 11.5 Å². The number of halogens is 1. The standard InChI is InChI=1S/C25H44N2O6.ClH/c1-9-16(2)14-19(29)25(32)17(3)15-18(28)20-22(4,5)10-11-24(31,23(20,25)6)33-21(30)26-12-13-27(7)8;/h9,16-18,20,28,31-32H,1,10-15H2,2-8H3,(H,26,30);1H/t16-,17+,18+,20+,23-,24+,25-;/m1./s1. The Balaban J connectivity index is 0.00000578. The maximum absolute atomic E-state index is 13.6. The van der Waals surface area contributed by atoms with Crippen LogP contribution >= 0.6 is 12.4 Å². The fourth-order valence-electron chi connectivity index (χ4n) is 6.38. The highest BCUT2D eigenvalue weighted by molar-refractivity contribution is 5.89. The summed E-state index contributed by atoms with van der Waals surface area (Å²) < 4.78 is 5.64. The van der Waals surface area contributed by atoms with Gasteiger partial charge in [0.25, 0.3) is 0 Å². The Morgan fingerprint density at radius 3 is 2.35 bits per heavy atom. The highest BCUT2D eigenvalue weighted by Crippen LogP contribution is 2.66. The number of hydrogen-bond acceptors (Lipinski definition) is 7. The van der Waals surface area contributed by atoms with Gasteiger partial charge < -0.3 is 30.3 Å². The van der Waals surface area contributed by atoms with Gasteiger partial charge in [0, 0.05) is 31.8 Å². The molecule has 1 amide bonds. The molecular formula is C25H45ClN2O6. The van der Waals surface area contributed by atoms with Gasteiger partial charge in [-0.3, -0.25) is 4.79 Å². The summed E-state index contributed by atoms with van der Waals surface area (Å²) in [4.78, 5) is 28.2. The number of nitrogens with one attached hydrogen (secondary N) is 1. The lowest BCUT2D eigenvalue weighted by Crippen LogP contribution is -2.78. The van der Waals surface area contributed by atoms with Crippen molar-refractivity contribution < 1.29 is 29.6 Å². The Bertz CT molecular complexity index is 762. The number of Topliss-reactive ketones (excluding diaryl/α,β-unsaturated/α-hetero) is 1. The highest BCUT2D eigenvalue weighted by atomic mass is 35.5. The van der Waals surface area contributed by atoms with Crippen LogP contribution in [0.4, 0.5) is 4.79 Å². The number of likely N-dealkylation sites (N-methyl/N-ethyl adjacent to an activating group) is 1. The molecule has 4 N–H and O–H groups in total. The number of nitrogens with zero attached hydrogens (tertiary/aromatic N) is 1. The molecule has 2 rings (SSSR count). The summed E-state index contributed by atoms with van der Waals surface area (Å²) in [6.07, 6.45) is 0.689. The summed E-state index contributed by atoms with van der Waals surface area (Å²) in [5, 5.41) is 37.9. The average Bonchev–Trinajstić information content (AvgIpc) is 2.68. The summed E-state index contributed by atoms with van der Waals surface area (Å²) >= 11 is 0. The van der Waals surface area contributed by atoms with Gasteiger partial charge in [0.2, 0.25) is 5.79 Å². The van der Waals surface area contributed by atoms with Crippen LogP contribution in [-0.2, 0) is 9.53 Å². The van der Waals surface area contributed by atoms with Crippen molar-refractivity contribution >= 4 is 24.3 Å². The van der Waals surface area contributed by atoms with Crippen molar-refractivity contribution in [2.24, 2.45) is 28.6 Å². The van der Waals surface area contributed by atoms with Crippen LogP contribution in [0.5, 0.6) is 0 Å². The van der Waals surface area contributed by atoms with Gasteiger partial charge in [-0.25, -0.2) is 4.79 Å². The fourth-order valence-corrected chi connectivity index (χ4v) is 6.38.